The molecule has 1 aliphatic carbocycles. The molecule has 2 fully saturated rings. The van der Waals surface area contributed by atoms with Gasteiger partial charge in [0, 0.05) is 70.5 Å². The van der Waals surface area contributed by atoms with E-state index in [9.17, 15) is 90.7 Å². The van der Waals surface area contributed by atoms with Gasteiger partial charge in [-0.25, -0.2) is 14.6 Å². The molecule has 27 nitrogen and oxygen atoms in total. The van der Waals surface area contributed by atoms with E-state index in [-0.39, 0.29) is 116 Å². The number of aromatic hydroxyl groups is 11. The molecule has 99 heavy (non-hydrogen) atoms. The number of aliphatic imine (C=N–C) groups is 1. The number of phenols is 11. The number of benzene rings is 7. The highest BCUT2D eigenvalue weighted by Crippen LogP contribution is 2.45. The summed E-state index contributed by atoms with van der Waals surface area (Å²) in [7, 11) is 0. The highest BCUT2D eigenvalue weighted by Gasteiger charge is 2.51. The number of nitrogens with one attached hydrogen (secondary N) is 1. The van der Waals surface area contributed by atoms with Crippen molar-refractivity contribution >= 4 is 68.9 Å². The normalized spacial score (nSPS) is 21.9. The summed E-state index contributed by atoms with van der Waals surface area (Å²) in [5, 5.41) is 146. The smallest absolute Gasteiger partial charge is 0.343 e. The lowest BCUT2D eigenvalue weighted by Crippen LogP contribution is -2.61. The molecule has 5 aliphatic rings. The molecular formula is C72H66N2O25. The van der Waals surface area contributed by atoms with Crippen LogP contribution in [0.25, 0.3) is 33.7 Å². The van der Waals surface area contributed by atoms with Gasteiger partial charge in [0.25, 0.3) is 0 Å². The first kappa shape index (κ1) is 68.6. The fourth-order valence-electron chi connectivity index (χ4n) is 12.4. The fraction of sp³-hybridized carbons (Fsp3) is 0.236. The topological polar surface area (TPSA) is 444 Å². The maximum atomic E-state index is 13.5. The van der Waals surface area contributed by atoms with Crippen LogP contribution in [0.1, 0.15) is 68.8 Å². The minimum atomic E-state index is -1.82. The number of rotatable bonds is 11. The van der Waals surface area contributed by atoms with E-state index in [1.807, 2.05) is 0 Å². The Morgan fingerprint density at radius 2 is 1.38 bits per heavy atom. The van der Waals surface area contributed by atoms with E-state index in [0.29, 0.717) is 67.2 Å². The van der Waals surface area contributed by atoms with Crippen LogP contribution in [0.5, 0.6) is 69.0 Å². The number of carbonyl (C=O) groups excluding carboxylic acids is 4. The van der Waals surface area contributed by atoms with Gasteiger partial charge in [0.05, 0.1) is 42.8 Å². The first-order valence-electron chi connectivity index (χ1n) is 30.6. The van der Waals surface area contributed by atoms with E-state index in [0.717, 1.165) is 23.8 Å². The molecule has 0 saturated carbocycles. The minimum Gasteiger partial charge on any atom is -0.508 e. The number of phenolic OH excluding ortho intramolecular Hbond substituents is 11. The third kappa shape index (κ3) is 13.7. The average molecular weight is 1360 g/mol. The molecule has 514 valence electrons. The van der Waals surface area contributed by atoms with Crippen LogP contribution in [0.2, 0.25) is 0 Å². The van der Waals surface area contributed by atoms with Crippen molar-refractivity contribution in [3.63, 3.8) is 0 Å². The molecule has 0 unspecified atom stereocenters. The van der Waals surface area contributed by atoms with Crippen molar-refractivity contribution in [1.82, 2.24) is 0 Å². The summed E-state index contributed by atoms with van der Waals surface area (Å²) in [4.78, 5) is 55.2. The minimum absolute atomic E-state index is 0.00458. The lowest BCUT2D eigenvalue weighted by Gasteiger charge is -2.44. The Morgan fingerprint density at radius 3 is 2.07 bits per heavy atom. The summed E-state index contributed by atoms with van der Waals surface area (Å²) in [5.41, 5.74) is 4.68. The Labute approximate surface area is 561 Å². The lowest BCUT2D eigenvalue weighted by molar-refractivity contribution is -0.338. The number of Topliss-reactive ketones (excluding diaryl/α,β-unsaturated/α-hetero) is 2. The quantitative estimate of drug-likeness (QED) is 0.0258. The van der Waals surface area contributed by atoms with E-state index in [2.05, 4.69) is 16.9 Å². The molecule has 9 atom stereocenters. The van der Waals surface area contributed by atoms with Gasteiger partial charge in [-0.15, -0.1) is 6.58 Å². The zero-order valence-electron chi connectivity index (χ0n) is 53.0. The number of aliphatic hydroxyl groups excluding tert-OH is 3. The predicted molar refractivity (Wildman–Crippen MR) is 351 cm³/mol. The average Bonchev–Trinajstić information content (AvgIpc) is 1.61. The molecule has 0 amide bonds. The van der Waals surface area contributed by atoms with Gasteiger partial charge in [0.1, 0.15) is 127 Å². The van der Waals surface area contributed by atoms with Gasteiger partial charge in [0.2, 0.25) is 18.4 Å². The number of esters is 2. The maximum Gasteiger partial charge on any atom is 0.343 e. The van der Waals surface area contributed by atoms with Crippen LogP contribution < -0.4 is 20.7 Å². The number of ketones is 2. The zero-order valence-corrected chi connectivity index (χ0v) is 53.0. The second kappa shape index (κ2) is 27.8. The molecule has 8 aromatic rings. The first-order chi connectivity index (χ1) is 47.1. The summed E-state index contributed by atoms with van der Waals surface area (Å²) in [6, 6.07) is 23.2. The Kier molecular flexibility index (Phi) is 19.2. The molecule has 5 heterocycles. The van der Waals surface area contributed by atoms with Crippen LogP contribution in [-0.2, 0) is 33.3 Å². The van der Waals surface area contributed by atoms with Gasteiger partial charge in [0.15, 0.2) is 11.9 Å². The van der Waals surface area contributed by atoms with Crippen molar-refractivity contribution < 1.29 is 124 Å². The monoisotopic (exact) mass is 1360 g/mol. The van der Waals surface area contributed by atoms with E-state index in [1.165, 1.54) is 91.2 Å². The van der Waals surface area contributed by atoms with Gasteiger partial charge in [-0.05, 0) is 110 Å². The van der Waals surface area contributed by atoms with Gasteiger partial charge in [-0.2, -0.15) is 0 Å². The number of hydrogen-bond acceptors (Lipinski definition) is 27. The molecule has 7 aromatic carbocycles. The van der Waals surface area contributed by atoms with Gasteiger partial charge < -0.3 is 110 Å². The number of ether oxygens (including phenoxy) is 6. The van der Waals surface area contributed by atoms with E-state index >= 15 is 0 Å². The molecule has 0 spiro atoms. The van der Waals surface area contributed by atoms with Crippen LogP contribution in [0.3, 0.4) is 0 Å². The highest BCUT2D eigenvalue weighted by atomic mass is 16.8. The SMILES string of the molecule is C=C[C@H]1[C@H](O[C@@H]2O[C@H](CO)[C@@H](O)[C@H](O)[C@H]2OC(=O)c2c(O)cc(O)cc2-c2cccc(O)c2)OC=C2C(=O)OCC[C@H]21.CC1=c2c(oc3cc(O)c(Nc4c(C)cc(O)cc4O)c(C)c23)=CC(=O)C1=Nc1c(C)cc(O)cc1O.O=C1C[C@@H](c2ccc(O)cc2)Oc2cc(O)cc(O)c21. The number of furan rings is 1. The Morgan fingerprint density at radius 1 is 0.717 bits per heavy atom. The fourth-order valence-corrected chi connectivity index (χ4v) is 12.4. The summed E-state index contributed by atoms with van der Waals surface area (Å²) in [6.07, 6.45) is -5.22. The molecule has 0 bridgehead atoms. The van der Waals surface area contributed by atoms with Crippen molar-refractivity contribution in [2.24, 2.45) is 16.8 Å². The van der Waals surface area contributed by atoms with Crippen LogP contribution in [0.15, 0.2) is 137 Å². The zero-order chi connectivity index (χ0) is 71.2. The third-order valence-corrected chi connectivity index (χ3v) is 17.2. The van der Waals surface area contributed by atoms with Gasteiger partial charge in [-0.3, -0.25) is 9.59 Å². The number of anilines is 2. The second-order valence-corrected chi connectivity index (χ2v) is 23.9. The first-order valence-corrected chi connectivity index (χ1v) is 30.6. The number of carbonyl (C=O) groups is 4. The maximum absolute atomic E-state index is 13.5. The molecule has 1 aromatic heterocycles. The van der Waals surface area contributed by atoms with E-state index in [1.54, 1.807) is 39.8 Å². The van der Waals surface area contributed by atoms with E-state index < -0.39 is 84.7 Å². The summed E-state index contributed by atoms with van der Waals surface area (Å²) < 4.78 is 39.5. The van der Waals surface area contributed by atoms with Gasteiger partial charge >= 0.3 is 11.9 Å². The standard InChI is InChI=1S/C29H30O13.C28H24N2O7.C15H12O5/c1-2-16-17-6-7-38-26(36)19(17)12-39-28(16)42-29-25(24(35)23(34)21(11-30)40-29)41-27(37)22-18(9-15(32)10-20(22)33)13-4-3-5-14(31)8-13;1-11-5-15(31)7-17(33)25(11)29-27-13(3)23-21(9-19(27)35)37-22-10-20(36)28(14(4)24(22)23)30-26-12(2)6-16(32)8-18(26)34;16-9-3-1-8(2-4-9)13-7-12(19)15-11(18)5-10(17)6-14(15)20-13/h2-5,8-10,12,16-17,21,23-25,28-35H,1,6-7,11H2;5-10,29,31-35H,1-4H3;1-6,13,16-18H,7H2/t16-,17+,21-,23-,24+,25-,28+,29+;;13-/m1.0/s1. The number of fused-ring (bicyclic) bond motifs is 5. The van der Waals surface area contributed by atoms with Crippen molar-refractivity contribution in [2.75, 3.05) is 18.5 Å². The number of aryl methyl sites for hydroxylation is 3. The second-order valence-electron chi connectivity index (χ2n) is 23.9. The summed E-state index contributed by atoms with van der Waals surface area (Å²) in [6.45, 7) is 10.1. The molecule has 27 heteroatoms. The Hall–Kier alpha value is -11.8. The summed E-state index contributed by atoms with van der Waals surface area (Å²) in [5.74, 6) is -5.48. The van der Waals surface area contributed by atoms with E-state index in [4.69, 9.17) is 32.8 Å². The van der Waals surface area contributed by atoms with Crippen LogP contribution in [0.4, 0.5) is 17.1 Å². The highest BCUT2D eigenvalue weighted by molar-refractivity contribution is 6.62. The largest absolute Gasteiger partial charge is 0.508 e. The van der Waals surface area contributed by atoms with Gasteiger partial charge in [-0.1, -0.05) is 30.3 Å². The Bertz CT molecular complexity index is 4740. The molecule has 4 aliphatic heterocycles. The predicted octanol–water partition coefficient (Wildman–Crippen LogP) is 7.50. The Balaban J connectivity index is 0.000000159. The van der Waals surface area contributed by atoms with Crippen LogP contribution in [0, 0.1) is 32.6 Å². The number of hydrogen-bond donors (Lipinski definition) is 15. The van der Waals surface area contributed by atoms with Crippen LogP contribution >= 0.6 is 0 Å². The van der Waals surface area contributed by atoms with Crippen molar-refractivity contribution in [2.45, 2.75) is 83.6 Å². The summed E-state index contributed by atoms with van der Waals surface area (Å²) >= 11 is 0. The van der Waals surface area contributed by atoms with Crippen molar-refractivity contribution in [1.29, 1.82) is 0 Å². The van der Waals surface area contributed by atoms with Crippen molar-refractivity contribution in [3.05, 3.63) is 172 Å². The number of cyclic esters (lactones) is 1. The number of nitrogens with zero attached hydrogens (tertiary/aromatic N) is 1. The molecule has 0 radical (unpaired) electrons. The molecule has 2 saturated heterocycles. The van der Waals surface area contributed by atoms with Crippen molar-refractivity contribution in [3.8, 4) is 80.1 Å². The number of aliphatic hydroxyl groups is 3. The molecular weight excluding hydrogens is 1290 g/mol. The molecule has 13 rings (SSSR count). The lowest BCUT2D eigenvalue weighted by atomic mass is 9.81. The van der Waals surface area contributed by atoms with Crippen LogP contribution in [-0.4, -0.2) is 151 Å². The molecule has 15 N–H and O–H groups in total. The third-order valence-electron chi connectivity index (χ3n) is 17.2.